The van der Waals surface area contributed by atoms with Crippen molar-refractivity contribution in [1.82, 2.24) is 0 Å². The van der Waals surface area contributed by atoms with Gasteiger partial charge in [-0.1, -0.05) is 13.2 Å². The maximum absolute atomic E-state index is 14.7. The van der Waals surface area contributed by atoms with Crippen LogP contribution in [0.15, 0.2) is 85.0 Å². The molecule has 0 aromatic heterocycles. The molecule has 3 aromatic rings. The van der Waals surface area contributed by atoms with Crippen LogP contribution in [0.25, 0.3) is 0 Å². The van der Waals surface area contributed by atoms with Gasteiger partial charge in [-0.15, -0.1) is 0 Å². The zero-order valence-electron chi connectivity index (χ0n) is 27.4. The van der Waals surface area contributed by atoms with Crippen LogP contribution in [0.4, 0.5) is 8.78 Å². The van der Waals surface area contributed by atoms with Gasteiger partial charge in [0.25, 0.3) is 0 Å². The Balaban J connectivity index is 1.42. The Bertz CT molecular complexity index is 1630. The first-order valence-corrected chi connectivity index (χ1v) is 15.5. The van der Waals surface area contributed by atoms with Gasteiger partial charge in [0.15, 0.2) is 23.1 Å². The summed E-state index contributed by atoms with van der Waals surface area (Å²) in [5.74, 6) is -5.46. The van der Waals surface area contributed by atoms with Crippen LogP contribution < -0.4 is 18.9 Å². The monoisotopic (exact) mass is 680 g/mol. The summed E-state index contributed by atoms with van der Waals surface area (Å²) in [5.41, 5.74) is 0.786. The largest absolute Gasteiger partial charge is 0.494 e. The average molecular weight is 681 g/mol. The van der Waals surface area contributed by atoms with Gasteiger partial charge in [0.1, 0.15) is 11.5 Å². The van der Waals surface area contributed by atoms with E-state index >= 15 is 0 Å². The van der Waals surface area contributed by atoms with E-state index in [0.29, 0.717) is 54.4 Å². The lowest BCUT2D eigenvalue weighted by atomic mass is 10.2. The molecule has 10 nitrogen and oxygen atoms in total. The van der Waals surface area contributed by atoms with Gasteiger partial charge in [-0.25, -0.2) is 28.0 Å². The summed E-state index contributed by atoms with van der Waals surface area (Å²) in [6.07, 6.45) is 3.68. The van der Waals surface area contributed by atoms with Crippen molar-refractivity contribution in [3.63, 3.8) is 0 Å². The van der Waals surface area contributed by atoms with Crippen LogP contribution in [0.2, 0.25) is 0 Å². The molecule has 12 heteroatoms. The van der Waals surface area contributed by atoms with E-state index in [9.17, 15) is 28.0 Å². The van der Waals surface area contributed by atoms with Gasteiger partial charge in [0, 0.05) is 29.7 Å². The molecular weight excluding hydrogens is 642 g/mol. The van der Waals surface area contributed by atoms with Crippen molar-refractivity contribution in [1.29, 1.82) is 0 Å². The Kier molecular flexibility index (Phi) is 15.0. The highest BCUT2D eigenvalue weighted by Crippen LogP contribution is 2.28. The molecule has 0 saturated heterocycles. The third kappa shape index (κ3) is 12.9. The number of hydrogen-bond acceptors (Lipinski definition) is 10. The number of carbonyl (C=O) groups is 4. The molecule has 0 atom stereocenters. The molecule has 0 saturated carbocycles. The number of esters is 4. The number of unbranched alkanes of at least 4 members (excludes halogenated alkanes) is 3. The van der Waals surface area contributed by atoms with E-state index in [1.54, 1.807) is 26.0 Å². The predicted molar refractivity (Wildman–Crippen MR) is 175 cm³/mol. The number of ether oxygens (including phenoxy) is 6. The maximum Gasteiger partial charge on any atom is 0.343 e. The lowest BCUT2D eigenvalue weighted by Crippen LogP contribution is -2.12. The lowest BCUT2D eigenvalue weighted by molar-refractivity contribution is -0.140. The molecule has 3 rings (SSSR count). The highest BCUT2D eigenvalue weighted by atomic mass is 19.1. The molecule has 0 aliphatic heterocycles. The molecule has 0 aliphatic rings. The highest BCUT2D eigenvalue weighted by molar-refractivity contribution is 5.92. The fourth-order valence-electron chi connectivity index (χ4n) is 3.93. The Morgan fingerprint density at radius 3 is 1.33 bits per heavy atom. The summed E-state index contributed by atoms with van der Waals surface area (Å²) in [7, 11) is 0. The van der Waals surface area contributed by atoms with E-state index in [-0.39, 0.29) is 24.3 Å². The zero-order valence-corrected chi connectivity index (χ0v) is 27.4. The first-order chi connectivity index (χ1) is 23.4. The normalized spacial score (nSPS) is 10.4. The number of rotatable bonds is 19. The predicted octanol–water partition coefficient (Wildman–Crippen LogP) is 7.35. The molecule has 0 bridgehead atoms. The molecule has 49 heavy (non-hydrogen) atoms. The molecule has 260 valence electrons. The number of benzene rings is 3. The lowest BCUT2D eigenvalue weighted by Gasteiger charge is -2.11. The van der Waals surface area contributed by atoms with Gasteiger partial charge in [0.05, 0.1) is 37.6 Å². The number of hydrogen-bond donors (Lipinski definition) is 0. The minimum absolute atomic E-state index is 0.0456. The van der Waals surface area contributed by atoms with Gasteiger partial charge in [-0.2, -0.15) is 0 Å². The quantitative estimate of drug-likeness (QED) is 0.0550. The minimum atomic E-state index is -1.12. The van der Waals surface area contributed by atoms with Crippen molar-refractivity contribution in [2.75, 3.05) is 26.4 Å². The summed E-state index contributed by atoms with van der Waals surface area (Å²) < 4.78 is 60.7. The maximum atomic E-state index is 14.7. The van der Waals surface area contributed by atoms with Crippen molar-refractivity contribution in [3.8, 4) is 23.0 Å². The van der Waals surface area contributed by atoms with Crippen LogP contribution in [0, 0.1) is 11.6 Å². The van der Waals surface area contributed by atoms with Crippen molar-refractivity contribution in [2.45, 2.75) is 46.0 Å². The Morgan fingerprint density at radius 2 is 0.918 bits per heavy atom. The summed E-state index contributed by atoms with van der Waals surface area (Å²) in [4.78, 5) is 47.8. The molecule has 0 unspecified atom stereocenters. The van der Waals surface area contributed by atoms with Gasteiger partial charge in [-0.3, -0.25) is 0 Å². The summed E-state index contributed by atoms with van der Waals surface area (Å²) in [6, 6.07) is 12.9. The number of carbonyl (C=O) groups excluding carboxylic acids is 4. The van der Waals surface area contributed by atoms with Crippen LogP contribution in [0.1, 0.15) is 66.7 Å². The topological polar surface area (TPSA) is 124 Å². The Labute approximate surface area is 283 Å². The van der Waals surface area contributed by atoms with Crippen molar-refractivity contribution in [3.05, 3.63) is 108 Å². The third-order valence-electron chi connectivity index (χ3n) is 6.60. The van der Waals surface area contributed by atoms with E-state index in [1.807, 2.05) is 0 Å². The zero-order chi connectivity index (χ0) is 35.8. The third-order valence-corrected chi connectivity index (χ3v) is 6.60. The van der Waals surface area contributed by atoms with Crippen LogP contribution in [0.5, 0.6) is 23.0 Å². The van der Waals surface area contributed by atoms with E-state index in [0.717, 1.165) is 25.7 Å². The highest BCUT2D eigenvalue weighted by Gasteiger charge is 2.19. The summed E-state index contributed by atoms with van der Waals surface area (Å²) in [5, 5.41) is 0. The molecule has 0 spiro atoms. The SMILES string of the molecule is C=C(C)C(=O)OCCCCCCOc1ccc(C(=O)Oc2cc(F)c(OC(=O)c3ccc(OCCCOC(=O)C(=C)C)cc3)cc2F)cc1. The van der Waals surface area contributed by atoms with Crippen LogP contribution in [-0.2, 0) is 19.1 Å². The minimum Gasteiger partial charge on any atom is -0.494 e. The van der Waals surface area contributed by atoms with Crippen molar-refractivity contribution in [2.24, 2.45) is 0 Å². The Morgan fingerprint density at radius 1 is 0.551 bits per heavy atom. The molecular formula is C37H38F2O10. The number of halogens is 2. The molecule has 0 N–H and O–H groups in total. The van der Waals surface area contributed by atoms with E-state index in [4.69, 9.17) is 28.4 Å². The molecule has 0 aliphatic carbocycles. The standard InChI is InChI=1S/C37H38F2O10/c1-24(2)34(40)46-19-8-6-5-7-18-44-28-14-10-26(11-15-28)36(42)48-32-22-31(39)33(23-30(32)38)49-37(43)27-12-16-29(17-13-27)45-20-9-21-47-35(41)25(3)4/h10-17,22-23H,1,3,5-9,18-21H2,2,4H3. The van der Waals surface area contributed by atoms with Gasteiger partial charge < -0.3 is 28.4 Å². The second kappa shape index (κ2) is 19.3. The summed E-state index contributed by atoms with van der Waals surface area (Å²) in [6.45, 7) is 11.3. The smallest absolute Gasteiger partial charge is 0.343 e. The first-order valence-electron chi connectivity index (χ1n) is 15.5. The Hall–Kier alpha value is -5.52. The van der Waals surface area contributed by atoms with Crippen molar-refractivity contribution < 1.29 is 56.4 Å². The fraction of sp³-hybridized carbons (Fsp3) is 0.297. The van der Waals surface area contributed by atoms with E-state index in [1.165, 1.54) is 36.4 Å². The van der Waals surface area contributed by atoms with Gasteiger partial charge >= 0.3 is 23.9 Å². The van der Waals surface area contributed by atoms with Crippen molar-refractivity contribution >= 4 is 23.9 Å². The first kappa shape index (κ1) is 37.9. The molecule has 3 aromatic carbocycles. The second-order valence-electron chi connectivity index (χ2n) is 10.8. The molecule has 0 heterocycles. The van der Waals surface area contributed by atoms with Crippen LogP contribution in [0.3, 0.4) is 0 Å². The molecule has 0 amide bonds. The van der Waals surface area contributed by atoms with E-state index < -0.39 is 47.0 Å². The fourth-order valence-corrected chi connectivity index (χ4v) is 3.93. The molecule has 0 radical (unpaired) electrons. The van der Waals surface area contributed by atoms with E-state index in [2.05, 4.69) is 13.2 Å². The summed E-state index contributed by atoms with van der Waals surface area (Å²) >= 11 is 0. The second-order valence-corrected chi connectivity index (χ2v) is 10.8. The van der Waals surface area contributed by atoms with Gasteiger partial charge in [0.2, 0.25) is 0 Å². The average Bonchev–Trinajstić information content (AvgIpc) is 3.08. The molecule has 0 fully saturated rings. The van der Waals surface area contributed by atoms with Crippen LogP contribution >= 0.6 is 0 Å². The van der Waals surface area contributed by atoms with Gasteiger partial charge in [-0.05, 0) is 88.1 Å². The van der Waals surface area contributed by atoms with Crippen LogP contribution in [-0.4, -0.2) is 50.3 Å².